The summed E-state index contributed by atoms with van der Waals surface area (Å²) in [5, 5.41) is 5.74. The number of hydrogen-bond acceptors (Lipinski definition) is 6. The number of carbonyl (C=O) groups is 1. The Labute approximate surface area is 191 Å². The molecule has 3 aromatic rings. The number of aromatic nitrogens is 3. The summed E-state index contributed by atoms with van der Waals surface area (Å²) in [6.07, 6.45) is 4.82. The highest BCUT2D eigenvalue weighted by Gasteiger charge is 2.24. The number of ether oxygens (including phenoxy) is 1. The van der Waals surface area contributed by atoms with E-state index in [-0.39, 0.29) is 12.1 Å². The van der Waals surface area contributed by atoms with Crippen LogP contribution in [0.25, 0.3) is 22.6 Å². The molecular formula is C24H25FN6O2. The van der Waals surface area contributed by atoms with Gasteiger partial charge in [-0.25, -0.2) is 19.2 Å². The number of halogens is 1. The lowest BCUT2D eigenvalue weighted by molar-refractivity contribution is 0.0985. The predicted molar refractivity (Wildman–Crippen MR) is 123 cm³/mol. The van der Waals surface area contributed by atoms with Crippen LogP contribution in [0.4, 0.5) is 20.7 Å². The van der Waals surface area contributed by atoms with Crippen LogP contribution in [0, 0.1) is 5.82 Å². The number of hydrogen-bond donors (Lipinski definition) is 2. The van der Waals surface area contributed by atoms with Crippen LogP contribution in [-0.2, 0) is 4.74 Å². The number of pyridine rings is 1. The Bertz CT molecular complexity index is 1150. The number of nitrogens with one attached hydrogen (secondary N) is 2. The summed E-state index contributed by atoms with van der Waals surface area (Å²) in [6, 6.07) is 10.9. The molecule has 33 heavy (non-hydrogen) atoms. The molecule has 2 fully saturated rings. The molecule has 2 amide bonds. The summed E-state index contributed by atoms with van der Waals surface area (Å²) in [4.78, 5) is 27.6. The molecule has 1 atom stereocenters. The number of benzene rings is 1. The minimum Gasteiger partial charge on any atom is -0.377 e. The van der Waals surface area contributed by atoms with Crippen LogP contribution >= 0.6 is 0 Å². The van der Waals surface area contributed by atoms with E-state index in [0.29, 0.717) is 48.6 Å². The van der Waals surface area contributed by atoms with Crippen molar-refractivity contribution in [1.29, 1.82) is 0 Å². The number of rotatable bonds is 5. The zero-order valence-corrected chi connectivity index (χ0v) is 18.3. The second-order valence-electron chi connectivity index (χ2n) is 8.39. The quantitative estimate of drug-likeness (QED) is 0.616. The fourth-order valence-corrected chi connectivity index (χ4v) is 3.76. The number of nitrogens with zero attached hydrogens (tertiary/aromatic N) is 4. The number of amides is 2. The van der Waals surface area contributed by atoms with Gasteiger partial charge in [0.05, 0.1) is 31.1 Å². The van der Waals surface area contributed by atoms with E-state index in [1.807, 2.05) is 30.3 Å². The highest BCUT2D eigenvalue weighted by molar-refractivity contribution is 5.89. The van der Waals surface area contributed by atoms with Crippen molar-refractivity contribution in [2.24, 2.45) is 0 Å². The van der Waals surface area contributed by atoms with Gasteiger partial charge in [-0.2, -0.15) is 0 Å². The van der Waals surface area contributed by atoms with Crippen LogP contribution in [0.15, 0.2) is 48.8 Å². The lowest BCUT2D eigenvalue weighted by atomic mass is 10.1. The van der Waals surface area contributed by atoms with E-state index in [0.717, 1.165) is 24.2 Å². The summed E-state index contributed by atoms with van der Waals surface area (Å²) in [5.41, 5.74) is 2.64. The lowest BCUT2D eigenvalue weighted by Crippen LogP contribution is -2.44. The number of morpholine rings is 1. The van der Waals surface area contributed by atoms with Crippen molar-refractivity contribution in [1.82, 2.24) is 20.3 Å². The number of carbonyl (C=O) groups excluding carboxylic acids is 1. The molecular weight excluding hydrogens is 423 g/mol. The smallest absolute Gasteiger partial charge is 0.319 e. The monoisotopic (exact) mass is 448 g/mol. The Morgan fingerprint density at radius 3 is 2.67 bits per heavy atom. The Morgan fingerprint density at radius 1 is 1.12 bits per heavy atom. The van der Waals surface area contributed by atoms with Gasteiger partial charge in [-0.15, -0.1) is 0 Å². The minimum absolute atomic E-state index is 0.150. The van der Waals surface area contributed by atoms with E-state index in [1.54, 1.807) is 6.20 Å². The van der Waals surface area contributed by atoms with Gasteiger partial charge in [0.15, 0.2) is 5.82 Å². The lowest BCUT2D eigenvalue weighted by Gasteiger charge is -2.34. The van der Waals surface area contributed by atoms with Gasteiger partial charge >= 0.3 is 6.03 Å². The molecule has 1 aliphatic heterocycles. The van der Waals surface area contributed by atoms with Crippen molar-refractivity contribution in [2.45, 2.75) is 31.8 Å². The zero-order chi connectivity index (χ0) is 22.8. The number of anilines is 2. The van der Waals surface area contributed by atoms with Gasteiger partial charge in [0.25, 0.3) is 0 Å². The summed E-state index contributed by atoms with van der Waals surface area (Å²) >= 11 is 0. The summed E-state index contributed by atoms with van der Waals surface area (Å²) in [7, 11) is 0. The molecule has 5 rings (SSSR count). The normalized spacial score (nSPS) is 18.1. The topological polar surface area (TPSA) is 92.3 Å². The fraction of sp³-hybridized carbons (Fsp3) is 0.333. The highest BCUT2D eigenvalue weighted by atomic mass is 19.1. The van der Waals surface area contributed by atoms with E-state index < -0.39 is 5.82 Å². The van der Waals surface area contributed by atoms with Crippen LogP contribution in [0.5, 0.6) is 0 Å². The second-order valence-corrected chi connectivity index (χ2v) is 8.39. The summed E-state index contributed by atoms with van der Waals surface area (Å²) in [6.45, 7) is 4.01. The molecule has 9 heteroatoms. The molecule has 2 aliphatic rings. The van der Waals surface area contributed by atoms with Crippen LogP contribution in [-0.4, -0.2) is 52.8 Å². The van der Waals surface area contributed by atoms with E-state index in [2.05, 4.69) is 27.4 Å². The second kappa shape index (κ2) is 9.11. The largest absolute Gasteiger partial charge is 0.377 e. The van der Waals surface area contributed by atoms with Crippen LogP contribution in [0.3, 0.4) is 0 Å². The third-order valence-corrected chi connectivity index (χ3v) is 5.69. The van der Waals surface area contributed by atoms with Gasteiger partial charge in [0.2, 0.25) is 0 Å². The molecule has 1 unspecified atom stereocenters. The summed E-state index contributed by atoms with van der Waals surface area (Å²) < 4.78 is 19.4. The Balaban J connectivity index is 1.47. The van der Waals surface area contributed by atoms with Crippen molar-refractivity contribution < 1.29 is 13.9 Å². The zero-order valence-electron chi connectivity index (χ0n) is 18.3. The van der Waals surface area contributed by atoms with E-state index in [4.69, 9.17) is 14.7 Å². The standard InChI is InChI=1S/C24H25FN6O2/c1-15-14-33-9-8-31(15)22-11-21(17-10-18(25)13-26-12-17)29-23(30-22)16-2-4-19(5-3-16)27-24(32)28-20-6-7-20/h2-5,10-13,15,20H,6-9,14H2,1H3,(H2,27,28,32). The predicted octanol–water partition coefficient (Wildman–Crippen LogP) is 3.85. The van der Waals surface area contributed by atoms with Gasteiger partial charge in [-0.05, 0) is 50.1 Å². The summed E-state index contributed by atoms with van der Waals surface area (Å²) in [5.74, 6) is 0.842. The van der Waals surface area contributed by atoms with E-state index in [9.17, 15) is 9.18 Å². The molecule has 8 nitrogen and oxygen atoms in total. The maximum absolute atomic E-state index is 13.9. The van der Waals surface area contributed by atoms with Gasteiger partial charge < -0.3 is 20.3 Å². The maximum Gasteiger partial charge on any atom is 0.319 e. The van der Waals surface area contributed by atoms with E-state index in [1.165, 1.54) is 12.3 Å². The third-order valence-electron chi connectivity index (χ3n) is 5.69. The first kappa shape index (κ1) is 21.3. The molecule has 1 aliphatic carbocycles. The molecule has 1 saturated heterocycles. The molecule has 0 bridgehead atoms. The average Bonchev–Trinajstić information content (AvgIpc) is 3.63. The van der Waals surface area contributed by atoms with Crippen molar-refractivity contribution in [2.75, 3.05) is 30.0 Å². The van der Waals surface area contributed by atoms with E-state index >= 15 is 0 Å². The molecule has 1 aromatic carbocycles. The molecule has 2 N–H and O–H groups in total. The van der Waals surface area contributed by atoms with Crippen molar-refractivity contribution >= 4 is 17.5 Å². The van der Waals surface area contributed by atoms with Crippen molar-refractivity contribution in [3.8, 4) is 22.6 Å². The number of urea groups is 1. The highest BCUT2D eigenvalue weighted by Crippen LogP contribution is 2.28. The molecule has 2 aromatic heterocycles. The first-order valence-electron chi connectivity index (χ1n) is 11.1. The third kappa shape index (κ3) is 5.09. The van der Waals surface area contributed by atoms with Crippen LogP contribution in [0.1, 0.15) is 19.8 Å². The Morgan fingerprint density at radius 2 is 1.94 bits per heavy atom. The van der Waals surface area contributed by atoms with Gasteiger partial charge in [-0.1, -0.05) is 0 Å². The molecule has 170 valence electrons. The Kier molecular flexibility index (Phi) is 5.87. The van der Waals surface area contributed by atoms with Gasteiger partial charge in [-0.3, -0.25) is 4.98 Å². The van der Waals surface area contributed by atoms with Crippen LogP contribution < -0.4 is 15.5 Å². The fourth-order valence-electron chi connectivity index (χ4n) is 3.76. The first-order chi connectivity index (χ1) is 16.0. The average molecular weight is 449 g/mol. The molecule has 0 spiro atoms. The SMILES string of the molecule is CC1COCCN1c1cc(-c2cncc(F)c2)nc(-c2ccc(NC(=O)NC3CC3)cc2)n1. The van der Waals surface area contributed by atoms with Gasteiger partial charge in [0.1, 0.15) is 11.6 Å². The molecule has 0 radical (unpaired) electrons. The van der Waals surface area contributed by atoms with Crippen LogP contribution in [0.2, 0.25) is 0 Å². The first-order valence-corrected chi connectivity index (χ1v) is 11.1. The van der Waals surface area contributed by atoms with Crippen molar-refractivity contribution in [3.63, 3.8) is 0 Å². The molecule has 3 heterocycles. The van der Waals surface area contributed by atoms with Crippen molar-refractivity contribution in [3.05, 3.63) is 54.6 Å². The minimum atomic E-state index is -0.422. The molecule has 1 saturated carbocycles. The van der Waals surface area contributed by atoms with Gasteiger partial charge in [0, 0.05) is 41.7 Å². The maximum atomic E-state index is 13.9. The Hall–Kier alpha value is -3.59.